The number of hydrogen-bond acceptors (Lipinski definition) is 4. The number of nitrogens with zero attached hydrogens (tertiary/aromatic N) is 1. The molecule has 0 saturated carbocycles. The smallest absolute Gasteiger partial charge is 0.240 e. The first-order chi connectivity index (χ1) is 8.25. The molecule has 0 aliphatic carbocycles. The first-order valence-corrected chi connectivity index (χ1v) is 6.29. The van der Waals surface area contributed by atoms with E-state index < -0.39 is 6.04 Å². The Kier molecular flexibility index (Phi) is 7.43. The number of amides is 1. The van der Waals surface area contributed by atoms with Gasteiger partial charge in [0.15, 0.2) is 0 Å². The van der Waals surface area contributed by atoms with Gasteiger partial charge in [-0.15, -0.1) is 0 Å². The molecule has 1 unspecified atom stereocenters. The highest BCUT2D eigenvalue weighted by Gasteiger charge is 2.32. The number of ether oxygens (including phenoxy) is 2. The summed E-state index contributed by atoms with van der Waals surface area (Å²) in [7, 11) is 3.24. The van der Waals surface area contributed by atoms with Gasteiger partial charge >= 0.3 is 0 Å². The Labute approximate surface area is 111 Å². The van der Waals surface area contributed by atoms with Crippen LogP contribution in [0.3, 0.4) is 0 Å². The molecule has 0 aromatic rings. The summed E-state index contributed by atoms with van der Waals surface area (Å²) in [6.45, 7) is 9.36. The van der Waals surface area contributed by atoms with Crippen molar-refractivity contribution in [3.63, 3.8) is 0 Å². The van der Waals surface area contributed by atoms with E-state index in [9.17, 15) is 4.79 Å². The molecule has 0 aromatic carbocycles. The molecule has 0 rings (SSSR count). The molecular formula is C13H28N2O3. The van der Waals surface area contributed by atoms with Crippen LogP contribution in [-0.4, -0.2) is 56.9 Å². The van der Waals surface area contributed by atoms with Crippen LogP contribution in [0.1, 0.15) is 27.7 Å². The zero-order valence-corrected chi connectivity index (χ0v) is 12.5. The fourth-order valence-corrected chi connectivity index (χ4v) is 1.62. The Morgan fingerprint density at radius 2 is 1.83 bits per heavy atom. The van der Waals surface area contributed by atoms with Gasteiger partial charge in [0.2, 0.25) is 5.91 Å². The van der Waals surface area contributed by atoms with Crippen LogP contribution in [0.2, 0.25) is 0 Å². The quantitative estimate of drug-likeness (QED) is 0.737. The minimum Gasteiger partial charge on any atom is -0.383 e. The number of carbonyl (C=O) groups is 1. The second kappa shape index (κ2) is 7.71. The maximum absolute atomic E-state index is 12.4. The lowest BCUT2D eigenvalue weighted by atomic mass is 9.86. The number of hydrogen-bond donors (Lipinski definition) is 1. The van der Waals surface area contributed by atoms with Gasteiger partial charge in [0.25, 0.3) is 0 Å². The molecule has 0 bridgehead atoms. The van der Waals surface area contributed by atoms with Crippen molar-refractivity contribution in [3.8, 4) is 0 Å². The molecule has 0 aromatic heterocycles. The fourth-order valence-electron chi connectivity index (χ4n) is 1.62. The molecule has 18 heavy (non-hydrogen) atoms. The molecular weight excluding hydrogens is 232 g/mol. The molecule has 0 spiro atoms. The molecule has 0 radical (unpaired) electrons. The summed E-state index contributed by atoms with van der Waals surface area (Å²) in [6.07, 6.45) is 0. The summed E-state index contributed by atoms with van der Waals surface area (Å²) in [4.78, 5) is 14.1. The van der Waals surface area contributed by atoms with E-state index in [-0.39, 0.29) is 17.4 Å². The van der Waals surface area contributed by atoms with Crippen molar-refractivity contribution in [2.24, 2.45) is 11.1 Å². The number of methoxy groups -OCH3 is 2. The molecule has 2 atom stereocenters. The van der Waals surface area contributed by atoms with E-state index >= 15 is 0 Å². The first-order valence-electron chi connectivity index (χ1n) is 6.29. The minimum atomic E-state index is -0.520. The standard InChI is InChI=1S/C13H28N2O3/c1-10(9-18-6)15(7-8-17-5)12(16)11(14)13(2,3)4/h10-11H,7-9,14H2,1-6H3/t10?,11-/m0/s1. The SMILES string of the molecule is COCCN(C(=O)[C@H](N)C(C)(C)C)C(C)COC. The average molecular weight is 260 g/mol. The Bertz CT molecular complexity index is 251. The lowest BCUT2D eigenvalue weighted by Gasteiger charge is -2.35. The third-order valence-electron chi connectivity index (χ3n) is 2.96. The van der Waals surface area contributed by atoms with Gasteiger partial charge in [-0.3, -0.25) is 4.79 Å². The fraction of sp³-hybridized carbons (Fsp3) is 0.923. The van der Waals surface area contributed by atoms with Crippen LogP contribution in [-0.2, 0) is 14.3 Å². The zero-order valence-electron chi connectivity index (χ0n) is 12.5. The molecule has 0 heterocycles. The van der Waals surface area contributed by atoms with Crippen LogP contribution in [0.25, 0.3) is 0 Å². The molecule has 108 valence electrons. The van der Waals surface area contributed by atoms with Gasteiger partial charge in [-0.25, -0.2) is 0 Å². The molecule has 0 saturated heterocycles. The maximum atomic E-state index is 12.4. The van der Waals surface area contributed by atoms with Crippen molar-refractivity contribution < 1.29 is 14.3 Å². The van der Waals surface area contributed by atoms with Gasteiger partial charge in [-0.1, -0.05) is 20.8 Å². The molecule has 5 nitrogen and oxygen atoms in total. The van der Waals surface area contributed by atoms with Crippen molar-refractivity contribution in [2.75, 3.05) is 34.0 Å². The summed E-state index contributed by atoms with van der Waals surface area (Å²) >= 11 is 0. The Morgan fingerprint density at radius 3 is 2.22 bits per heavy atom. The van der Waals surface area contributed by atoms with E-state index in [2.05, 4.69) is 0 Å². The van der Waals surface area contributed by atoms with Crippen LogP contribution in [0.4, 0.5) is 0 Å². The van der Waals surface area contributed by atoms with Crippen molar-refractivity contribution in [1.82, 2.24) is 4.90 Å². The van der Waals surface area contributed by atoms with Gasteiger partial charge in [-0.2, -0.15) is 0 Å². The monoisotopic (exact) mass is 260 g/mol. The van der Waals surface area contributed by atoms with Gasteiger partial charge in [0, 0.05) is 20.8 Å². The molecule has 0 aliphatic rings. The molecule has 5 heteroatoms. The summed E-state index contributed by atoms with van der Waals surface area (Å²) in [6, 6.07) is -0.528. The van der Waals surface area contributed by atoms with Gasteiger partial charge in [-0.05, 0) is 12.3 Å². The largest absolute Gasteiger partial charge is 0.383 e. The van der Waals surface area contributed by atoms with Crippen molar-refractivity contribution >= 4 is 5.91 Å². The third kappa shape index (κ3) is 5.33. The number of rotatable bonds is 7. The van der Waals surface area contributed by atoms with E-state index in [1.54, 1.807) is 19.1 Å². The van der Waals surface area contributed by atoms with Crippen LogP contribution >= 0.6 is 0 Å². The zero-order chi connectivity index (χ0) is 14.3. The molecule has 1 amide bonds. The lowest BCUT2D eigenvalue weighted by Crippen LogP contribution is -2.54. The second-order valence-corrected chi connectivity index (χ2v) is 5.67. The Hall–Kier alpha value is -0.650. The summed E-state index contributed by atoms with van der Waals surface area (Å²) in [5.74, 6) is -0.0518. The Balaban J connectivity index is 4.78. The lowest BCUT2D eigenvalue weighted by molar-refractivity contribution is -0.138. The van der Waals surface area contributed by atoms with E-state index in [0.29, 0.717) is 19.8 Å². The maximum Gasteiger partial charge on any atom is 0.240 e. The number of carbonyl (C=O) groups excluding carboxylic acids is 1. The highest BCUT2D eigenvalue weighted by molar-refractivity contribution is 5.82. The molecule has 0 aliphatic heterocycles. The summed E-state index contributed by atoms with van der Waals surface area (Å²) < 4.78 is 10.1. The normalized spacial score (nSPS) is 15.3. The number of nitrogens with two attached hydrogens (primary N) is 1. The van der Waals surface area contributed by atoms with Crippen molar-refractivity contribution in [2.45, 2.75) is 39.8 Å². The van der Waals surface area contributed by atoms with Gasteiger partial charge in [0.05, 0.1) is 25.3 Å². The van der Waals surface area contributed by atoms with Crippen LogP contribution in [0.5, 0.6) is 0 Å². The average Bonchev–Trinajstić information content (AvgIpc) is 2.27. The van der Waals surface area contributed by atoms with Gasteiger partial charge < -0.3 is 20.1 Å². The summed E-state index contributed by atoms with van der Waals surface area (Å²) in [5.41, 5.74) is 5.77. The van der Waals surface area contributed by atoms with E-state index in [0.717, 1.165) is 0 Å². The third-order valence-corrected chi connectivity index (χ3v) is 2.96. The van der Waals surface area contributed by atoms with Crippen LogP contribution in [0, 0.1) is 5.41 Å². The first kappa shape index (κ1) is 17.4. The highest BCUT2D eigenvalue weighted by atomic mass is 16.5. The molecule has 0 fully saturated rings. The second-order valence-electron chi connectivity index (χ2n) is 5.67. The van der Waals surface area contributed by atoms with E-state index in [4.69, 9.17) is 15.2 Å². The highest BCUT2D eigenvalue weighted by Crippen LogP contribution is 2.20. The molecule has 2 N–H and O–H groups in total. The predicted molar refractivity (Wildman–Crippen MR) is 72.4 cm³/mol. The van der Waals surface area contributed by atoms with Crippen molar-refractivity contribution in [1.29, 1.82) is 0 Å². The minimum absolute atomic E-state index is 0.00829. The topological polar surface area (TPSA) is 64.8 Å². The van der Waals surface area contributed by atoms with Gasteiger partial charge in [0.1, 0.15) is 0 Å². The summed E-state index contributed by atoms with van der Waals surface area (Å²) in [5, 5.41) is 0. The van der Waals surface area contributed by atoms with E-state index in [1.165, 1.54) is 0 Å². The van der Waals surface area contributed by atoms with Crippen LogP contribution < -0.4 is 5.73 Å². The predicted octanol–water partition coefficient (Wildman–Crippen LogP) is 0.870. The van der Waals surface area contributed by atoms with Crippen molar-refractivity contribution in [3.05, 3.63) is 0 Å². The van der Waals surface area contributed by atoms with E-state index in [1.807, 2.05) is 27.7 Å². The van der Waals surface area contributed by atoms with Crippen LogP contribution in [0.15, 0.2) is 0 Å². The Morgan fingerprint density at radius 1 is 1.28 bits per heavy atom.